The molecule has 0 radical (unpaired) electrons. The quantitative estimate of drug-likeness (QED) is 0.907. The largest absolute Gasteiger partial charge is 0.478 e. The second kappa shape index (κ2) is 5.25. The van der Waals surface area contributed by atoms with Gasteiger partial charge in [0.25, 0.3) is 0 Å². The van der Waals surface area contributed by atoms with Crippen molar-refractivity contribution in [1.82, 2.24) is 9.97 Å². The Hall–Kier alpha value is -2.48. The van der Waals surface area contributed by atoms with Gasteiger partial charge in [0.2, 0.25) is 5.88 Å². The maximum Gasteiger partial charge on any atom is 0.335 e. The molecule has 0 saturated carbocycles. The maximum absolute atomic E-state index is 11.7. The molecule has 2 aromatic rings. The van der Waals surface area contributed by atoms with Crippen LogP contribution in [0.3, 0.4) is 0 Å². The Kier molecular flexibility index (Phi) is 3.66. The third-order valence-electron chi connectivity index (χ3n) is 2.34. The highest BCUT2D eigenvalue weighted by Gasteiger charge is 2.18. The Morgan fingerprint density at radius 1 is 1.30 bits per heavy atom. The van der Waals surface area contributed by atoms with E-state index in [0.717, 1.165) is 12.3 Å². The molecular formula is C12H10N2O5S. The van der Waals surface area contributed by atoms with Crippen molar-refractivity contribution in [2.45, 2.75) is 4.90 Å². The molecule has 1 aromatic carbocycles. The monoisotopic (exact) mass is 294 g/mol. The Morgan fingerprint density at radius 2 is 2.05 bits per heavy atom. The van der Waals surface area contributed by atoms with Crippen LogP contribution in [0.4, 0.5) is 0 Å². The number of benzene rings is 1. The summed E-state index contributed by atoms with van der Waals surface area (Å²) in [6, 6.07) is 3.57. The van der Waals surface area contributed by atoms with Crippen molar-refractivity contribution in [3.05, 3.63) is 42.4 Å². The van der Waals surface area contributed by atoms with Crippen LogP contribution in [0.15, 0.2) is 41.7 Å². The molecule has 7 nitrogen and oxygen atoms in total. The first-order valence-electron chi connectivity index (χ1n) is 5.39. The lowest BCUT2D eigenvalue weighted by molar-refractivity contribution is 0.0696. The highest BCUT2D eigenvalue weighted by molar-refractivity contribution is 7.90. The van der Waals surface area contributed by atoms with Gasteiger partial charge >= 0.3 is 5.97 Å². The number of hydrogen-bond donors (Lipinski definition) is 1. The van der Waals surface area contributed by atoms with E-state index in [9.17, 15) is 13.2 Å². The van der Waals surface area contributed by atoms with Gasteiger partial charge in [-0.3, -0.25) is 4.98 Å². The van der Waals surface area contributed by atoms with E-state index in [0.29, 0.717) is 0 Å². The topological polar surface area (TPSA) is 106 Å². The van der Waals surface area contributed by atoms with E-state index in [1.165, 1.54) is 30.7 Å². The van der Waals surface area contributed by atoms with Crippen LogP contribution in [0.2, 0.25) is 0 Å². The zero-order valence-electron chi connectivity index (χ0n) is 10.3. The molecule has 1 aromatic heterocycles. The van der Waals surface area contributed by atoms with E-state index in [1.807, 2.05) is 0 Å². The molecule has 0 spiro atoms. The molecule has 0 bridgehead atoms. The Labute approximate surface area is 114 Å². The van der Waals surface area contributed by atoms with Crippen molar-refractivity contribution in [2.75, 3.05) is 6.26 Å². The first-order valence-corrected chi connectivity index (χ1v) is 7.28. The van der Waals surface area contributed by atoms with Gasteiger partial charge in [-0.1, -0.05) is 0 Å². The van der Waals surface area contributed by atoms with Gasteiger partial charge in [0.05, 0.1) is 11.8 Å². The summed E-state index contributed by atoms with van der Waals surface area (Å²) < 4.78 is 28.7. The van der Waals surface area contributed by atoms with Crippen LogP contribution in [-0.4, -0.2) is 35.7 Å². The van der Waals surface area contributed by atoms with Crippen LogP contribution >= 0.6 is 0 Å². The second-order valence-electron chi connectivity index (χ2n) is 3.88. The summed E-state index contributed by atoms with van der Waals surface area (Å²) >= 11 is 0. The van der Waals surface area contributed by atoms with Crippen LogP contribution in [0.25, 0.3) is 0 Å². The molecule has 20 heavy (non-hydrogen) atoms. The van der Waals surface area contributed by atoms with E-state index >= 15 is 0 Å². The summed E-state index contributed by atoms with van der Waals surface area (Å²) in [7, 11) is -3.65. The number of hydrogen-bond acceptors (Lipinski definition) is 6. The van der Waals surface area contributed by atoms with Crippen molar-refractivity contribution < 1.29 is 23.1 Å². The third kappa shape index (κ3) is 3.09. The van der Waals surface area contributed by atoms with Gasteiger partial charge in [-0.05, 0) is 18.2 Å². The molecule has 104 valence electrons. The zero-order chi connectivity index (χ0) is 14.8. The summed E-state index contributed by atoms with van der Waals surface area (Å²) in [6.07, 6.45) is 5.12. The van der Waals surface area contributed by atoms with Gasteiger partial charge < -0.3 is 9.84 Å². The molecule has 0 atom stereocenters. The predicted octanol–water partition coefficient (Wildman–Crippen LogP) is 1.37. The fraction of sp³-hybridized carbons (Fsp3) is 0.0833. The van der Waals surface area contributed by atoms with Gasteiger partial charge in [0, 0.05) is 18.6 Å². The summed E-state index contributed by atoms with van der Waals surface area (Å²) in [5, 5.41) is 8.90. The third-order valence-corrected chi connectivity index (χ3v) is 3.46. The van der Waals surface area contributed by atoms with Gasteiger partial charge in [0.1, 0.15) is 10.6 Å². The number of carboxylic acid groups (broad SMARTS) is 1. The Bertz CT molecular complexity index is 744. The van der Waals surface area contributed by atoms with Crippen molar-refractivity contribution in [3.8, 4) is 11.6 Å². The molecule has 1 heterocycles. The molecule has 8 heteroatoms. The van der Waals surface area contributed by atoms with E-state index in [4.69, 9.17) is 9.84 Å². The fourth-order valence-corrected chi connectivity index (χ4v) is 2.28. The van der Waals surface area contributed by atoms with Crippen molar-refractivity contribution >= 4 is 15.8 Å². The lowest BCUT2D eigenvalue weighted by Gasteiger charge is -2.09. The summed E-state index contributed by atoms with van der Waals surface area (Å²) in [6.45, 7) is 0. The molecule has 2 rings (SSSR count). The number of rotatable bonds is 4. The first kappa shape index (κ1) is 13.9. The maximum atomic E-state index is 11.7. The molecule has 0 saturated heterocycles. The summed E-state index contributed by atoms with van der Waals surface area (Å²) in [4.78, 5) is 18.3. The number of sulfone groups is 1. The predicted molar refractivity (Wildman–Crippen MR) is 68.6 cm³/mol. The highest BCUT2D eigenvalue weighted by atomic mass is 32.2. The number of ether oxygens (including phenoxy) is 1. The average Bonchev–Trinajstić information content (AvgIpc) is 2.39. The molecule has 0 amide bonds. The van der Waals surface area contributed by atoms with Crippen LogP contribution < -0.4 is 4.74 Å². The Balaban J connectivity index is 2.50. The first-order chi connectivity index (χ1) is 9.38. The average molecular weight is 294 g/mol. The summed E-state index contributed by atoms with van der Waals surface area (Å²) in [5.74, 6) is -1.11. The smallest absolute Gasteiger partial charge is 0.335 e. The van der Waals surface area contributed by atoms with Crippen molar-refractivity contribution in [3.63, 3.8) is 0 Å². The van der Waals surface area contributed by atoms with Gasteiger partial charge in [-0.25, -0.2) is 18.2 Å². The molecule has 0 aliphatic rings. The number of nitrogens with zero attached hydrogens (tertiary/aromatic N) is 2. The summed E-state index contributed by atoms with van der Waals surface area (Å²) in [5.41, 5.74) is -0.142. The molecular weight excluding hydrogens is 284 g/mol. The van der Waals surface area contributed by atoms with Crippen LogP contribution in [0, 0.1) is 0 Å². The van der Waals surface area contributed by atoms with E-state index in [-0.39, 0.29) is 22.1 Å². The normalized spacial score (nSPS) is 11.1. The van der Waals surface area contributed by atoms with E-state index < -0.39 is 15.8 Å². The SMILES string of the molecule is CS(=O)(=O)c1cc(C(=O)O)ccc1Oc1cnccn1. The Morgan fingerprint density at radius 3 is 2.60 bits per heavy atom. The van der Waals surface area contributed by atoms with Gasteiger partial charge in [-0.15, -0.1) is 0 Å². The second-order valence-corrected chi connectivity index (χ2v) is 5.87. The molecule has 0 aliphatic carbocycles. The fourth-order valence-electron chi connectivity index (χ4n) is 1.47. The van der Waals surface area contributed by atoms with E-state index in [2.05, 4.69) is 9.97 Å². The van der Waals surface area contributed by atoms with E-state index in [1.54, 1.807) is 0 Å². The van der Waals surface area contributed by atoms with Crippen LogP contribution in [-0.2, 0) is 9.84 Å². The zero-order valence-corrected chi connectivity index (χ0v) is 11.2. The number of aromatic carboxylic acids is 1. The molecule has 1 N–H and O–H groups in total. The standard InChI is InChI=1S/C12H10N2O5S/c1-20(17,18)10-6-8(12(15)16)2-3-9(10)19-11-7-13-4-5-14-11/h2-7H,1H3,(H,15,16). The van der Waals surface area contributed by atoms with Crippen molar-refractivity contribution in [2.24, 2.45) is 0 Å². The van der Waals surface area contributed by atoms with Gasteiger partial charge in [0.15, 0.2) is 9.84 Å². The van der Waals surface area contributed by atoms with Gasteiger partial charge in [-0.2, -0.15) is 0 Å². The van der Waals surface area contributed by atoms with Crippen LogP contribution in [0.1, 0.15) is 10.4 Å². The van der Waals surface area contributed by atoms with Crippen LogP contribution in [0.5, 0.6) is 11.6 Å². The number of carbonyl (C=O) groups is 1. The lowest BCUT2D eigenvalue weighted by Crippen LogP contribution is -2.04. The highest BCUT2D eigenvalue weighted by Crippen LogP contribution is 2.28. The molecule has 0 unspecified atom stereocenters. The lowest BCUT2D eigenvalue weighted by atomic mass is 10.2. The van der Waals surface area contributed by atoms with Crippen molar-refractivity contribution in [1.29, 1.82) is 0 Å². The minimum absolute atomic E-state index is 0.00185. The number of aromatic nitrogens is 2. The molecule has 0 fully saturated rings. The number of carboxylic acids is 1. The minimum atomic E-state index is -3.65. The molecule has 0 aliphatic heterocycles. The minimum Gasteiger partial charge on any atom is -0.478 e.